The van der Waals surface area contributed by atoms with Gasteiger partial charge in [0.2, 0.25) is 0 Å². The van der Waals surface area contributed by atoms with Gasteiger partial charge in [-0.3, -0.25) is 13.9 Å². The average Bonchev–Trinajstić information content (AvgIpc) is 3.03. The third-order valence-electron chi connectivity index (χ3n) is 4.36. The third kappa shape index (κ3) is 2.81. The van der Waals surface area contributed by atoms with Gasteiger partial charge >= 0.3 is 0 Å². The molecule has 1 aliphatic carbocycles. The summed E-state index contributed by atoms with van der Waals surface area (Å²) >= 11 is 0. The maximum absolute atomic E-state index is 11.6. The quantitative estimate of drug-likeness (QED) is 0.639. The summed E-state index contributed by atoms with van der Waals surface area (Å²) < 4.78 is 19.6. The van der Waals surface area contributed by atoms with E-state index in [2.05, 4.69) is 10.9 Å². The summed E-state index contributed by atoms with van der Waals surface area (Å²) in [4.78, 5) is 11.6. The van der Waals surface area contributed by atoms with Gasteiger partial charge < -0.3 is 10.9 Å². The molecule has 0 saturated carbocycles. The smallest absolute Gasteiger partial charge is 0.163 e. The Labute approximate surface area is 136 Å². The number of anilines is 2. The molecule has 0 amide bonds. The van der Waals surface area contributed by atoms with Crippen molar-refractivity contribution in [3.63, 3.8) is 0 Å². The van der Waals surface area contributed by atoms with Crippen LogP contribution in [0.2, 0.25) is 0 Å². The van der Waals surface area contributed by atoms with Gasteiger partial charge in [0.15, 0.2) is 5.78 Å². The van der Waals surface area contributed by atoms with Crippen molar-refractivity contribution < 1.29 is 13.9 Å². The maximum atomic E-state index is 11.6. The van der Waals surface area contributed by atoms with Gasteiger partial charge in [0.25, 0.3) is 0 Å². The maximum Gasteiger partial charge on any atom is 0.163 e. The normalized spacial score (nSPS) is 19.1. The number of nitrogens with one attached hydrogen (secondary N) is 2. The molecule has 0 atom stereocenters. The largest absolute Gasteiger partial charge is 0.301 e. The molecule has 120 valence electrons. The molecule has 0 unspecified atom stereocenters. The first-order valence-electron chi connectivity index (χ1n) is 7.54. The molecule has 4 N–H and O–H groups in total. The van der Waals surface area contributed by atoms with E-state index in [0.717, 1.165) is 40.0 Å². The summed E-state index contributed by atoms with van der Waals surface area (Å²) in [5.74, 6) is 0.908. The highest BCUT2D eigenvalue weighted by molar-refractivity contribution is 8.23. The molecule has 0 spiro atoms. The van der Waals surface area contributed by atoms with Crippen molar-refractivity contribution in [2.75, 3.05) is 10.9 Å². The molecule has 1 heterocycles. The molecule has 1 aliphatic heterocycles. The van der Waals surface area contributed by atoms with E-state index in [9.17, 15) is 13.9 Å². The molecule has 0 saturated heterocycles. The lowest BCUT2D eigenvalue weighted by molar-refractivity contribution is 0.0994. The van der Waals surface area contributed by atoms with Crippen LogP contribution in [0, 0.1) is 0 Å². The van der Waals surface area contributed by atoms with Crippen molar-refractivity contribution in [1.82, 2.24) is 0 Å². The minimum absolute atomic E-state index is 0.220. The number of hydrogen-bond acceptors (Lipinski definition) is 5. The van der Waals surface area contributed by atoms with Crippen LogP contribution in [0.5, 0.6) is 0 Å². The van der Waals surface area contributed by atoms with E-state index in [1.807, 2.05) is 36.4 Å². The van der Waals surface area contributed by atoms with Crippen LogP contribution in [0.1, 0.15) is 33.5 Å². The molecular weight excluding hydrogens is 312 g/mol. The third-order valence-corrected chi connectivity index (χ3v) is 5.90. The summed E-state index contributed by atoms with van der Waals surface area (Å²) in [5.41, 5.74) is 12.0. The van der Waals surface area contributed by atoms with Crippen LogP contribution in [-0.2, 0) is 17.9 Å². The van der Waals surface area contributed by atoms with Crippen LogP contribution in [0.15, 0.2) is 36.4 Å². The highest BCUT2D eigenvalue weighted by Crippen LogP contribution is 2.52. The molecular formula is C17H18N2O3S. The summed E-state index contributed by atoms with van der Waals surface area (Å²) in [5, 5.41) is 0. The lowest BCUT2D eigenvalue weighted by Gasteiger charge is -2.25. The van der Waals surface area contributed by atoms with Crippen molar-refractivity contribution in [1.29, 1.82) is 0 Å². The standard InChI is InChI=1S/C17H18N2O3S/c20-17-6-2-11-7-15(4-5-16(11)17)19-18-14-3-1-12-9-23(21,22)10-13(12)8-14/h1,3-5,7-8,18-19,21-22H,2,6,9-10H2. The summed E-state index contributed by atoms with van der Waals surface area (Å²) in [6, 6.07) is 11.6. The molecule has 0 radical (unpaired) electrons. The van der Waals surface area contributed by atoms with Crippen LogP contribution in [0.4, 0.5) is 11.4 Å². The number of carbonyl (C=O) groups excluding carboxylic acids is 1. The second-order valence-corrected chi connectivity index (χ2v) is 8.30. The number of ketones is 1. The SMILES string of the molecule is O=C1CCc2cc(NNc3ccc4c(c3)CS(O)(O)C4)ccc21. The topological polar surface area (TPSA) is 81.6 Å². The van der Waals surface area contributed by atoms with Gasteiger partial charge in [0.05, 0.1) is 22.9 Å². The number of hydrazine groups is 1. The van der Waals surface area contributed by atoms with Crippen molar-refractivity contribution >= 4 is 27.7 Å². The highest BCUT2D eigenvalue weighted by Gasteiger charge is 2.25. The van der Waals surface area contributed by atoms with E-state index in [1.165, 1.54) is 0 Å². The summed E-state index contributed by atoms with van der Waals surface area (Å²) in [7, 11) is -2.48. The van der Waals surface area contributed by atoms with Crippen molar-refractivity contribution in [3.05, 3.63) is 58.7 Å². The van der Waals surface area contributed by atoms with Crippen LogP contribution >= 0.6 is 10.6 Å². The van der Waals surface area contributed by atoms with E-state index >= 15 is 0 Å². The predicted molar refractivity (Wildman–Crippen MR) is 93.0 cm³/mol. The van der Waals surface area contributed by atoms with Gasteiger partial charge in [-0.2, -0.15) is 10.6 Å². The number of hydrogen-bond donors (Lipinski definition) is 4. The van der Waals surface area contributed by atoms with Crippen molar-refractivity contribution in [3.8, 4) is 0 Å². The van der Waals surface area contributed by atoms with E-state index in [-0.39, 0.29) is 5.78 Å². The fraction of sp³-hybridized carbons (Fsp3) is 0.235. The Bertz CT molecular complexity index is 804. The fourth-order valence-corrected chi connectivity index (χ4v) is 4.85. The van der Waals surface area contributed by atoms with Gasteiger partial charge in [0, 0.05) is 12.0 Å². The van der Waals surface area contributed by atoms with Crippen molar-refractivity contribution in [2.24, 2.45) is 0 Å². The first kappa shape index (κ1) is 14.6. The van der Waals surface area contributed by atoms with Gasteiger partial charge in [0.1, 0.15) is 0 Å². The lowest BCUT2D eigenvalue weighted by atomic mass is 10.1. The molecule has 2 aromatic rings. The molecule has 23 heavy (non-hydrogen) atoms. The Kier molecular flexibility index (Phi) is 3.33. The van der Waals surface area contributed by atoms with Gasteiger partial charge in [-0.05, 0) is 53.4 Å². The number of carbonyl (C=O) groups is 1. The van der Waals surface area contributed by atoms with E-state index in [4.69, 9.17) is 0 Å². The Morgan fingerprint density at radius 3 is 2.26 bits per heavy atom. The van der Waals surface area contributed by atoms with E-state index in [1.54, 1.807) is 0 Å². The second-order valence-electron chi connectivity index (χ2n) is 6.12. The Balaban J connectivity index is 1.47. The van der Waals surface area contributed by atoms with E-state index < -0.39 is 10.6 Å². The number of aryl methyl sites for hydroxylation is 1. The van der Waals surface area contributed by atoms with E-state index in [0.29, 0.717) is 17.9 Å². The number of benzene rings is 2. The number of Topliss-reactive ketones (excluding diaryl/α,β-unsaturated/α-hetero) is 1. The Hall–Kier alpha value is -2.02. The number of rotatable bonds is 3. The number of fused-ring (bicyclic) bond motifs is 2. The monoisotopic (exact) mass is 330 g/mol. The minimum atomic E-state index is -2.48. The van der Waals surface area contributed by atoms with Crippen LogP contribution in [-0.4, -0.2) is 14.9 Å². The zero-order valence-corrected chi connectivity index (χ0v) is 13.3. The molecule has 5 nitrogen and oxygen atoms in total. The molecule has 0 fully saturated rings. The zero-order valence-electron chi connectivity index (χ0n) is 12.5. The molecule has 2 aliphatic rings. The zero-order chi connectivity index (χ0) is 16.0. The highest BCUT2D eigenvalue weighted by atomic mass is 32.3. The molecule has 0 bridgehead atoms. The van der Waals surface area contributed by atoms with Crippen molar-refractivity contribution in [2.45, 2.75) is 24.3 Å². The van der Waals surface area contributed by atoms with Gasteiger partial charge in [-0.1, -0.05) is 6.07 Å². The first-order chi connectivity index (χ1) is 11.0. The molecule has 2 aromatic carbocycles. The van der Waals surface area contributed by atoms with Crippen LogP contribution in [0.25, 0.3) is 0 Å². The molecule has 6 heteroatoms. The summed E-state index contributed by atoms with van der Waals surface area (Å²) in [6.45, 7) is 0. The van der Waals surface area contributed by atoms with Gasteiger partial charge in [-0.25, -0.2) is 0 Å². The summed E-state index contributed by atoms with van der Waals surface area (Å²) in [6.07, 6.45) is 1.41. The Morgan fingerprint density at radius 2 is 1.48 bits per heavy atom. The van der Waals surface area contributed by atoms with Crippen LogP contribution in [0.3, 0.4) is 0 Å². The average molecular weight is 330 g/mol. The van der Waals surface area contributed by atoms with Crippen LogP contribution < -0.4 is 10.9 Å². The Morgan fingerprint density at radius 1 is 0.826 bits per heavy atom. The second kappa shape index (κ2) is 5.26. The molecule has 0 aromatic heterocycles. The predicted octanol–water partition coefficient (Wildman–Crippen LogP) is 4.02. The first-order valence-corrected chi connectivity index (χ1v) is 9.42. The lowest BCUT2D eigenvalue weighted by Crippen LogP contribution is -2.09. The molecule has 4 rings (SSSR count). The minimum Gasteiger partial charge on any atom is -0.301 e. The van der Waals surface area contributed by atoms with Gasteiger partial charge in [-0.15, -0.1) is 0 Å². The fourth-order valence-electron chi connectivity index (χ4n) is 3.21.